The normalized spacial score (nSPS) is 11.1. The molecule has 0 bridgehead atoms. The van der Waals surface area contributed by atoms with Crippen LogP contribution in [0.25, 0.3) is 0 Å². The van der Waals surface area contributed by atoms with Crippen LogP contribution in [0.15, 0.2) is 48.5 Å². The molecular weight excluding hydrogens is 346 g/mol. The highest BCUT2D eigenvalue weighted by Crippen LogP contribution is 2.14. The predicted octanol–water partition coefficient (Wildman–Crippen LogP) is 4.08. The zero-order valence-corrected chi connectivity index (χ0v) is 15.5. The van der Waals surface area contributed by atoms with E-state index in [-0.39, 0.29) is 5.97 Å². The van der Waals surface area contributed by atoms with Gasteiger partial charge in [0.1, 0.15) is 0 Å². The molecule has 0 spiro atoms. The van der Waals surface area contributed by atoms with E-state index in [0.29, 0.717) is 40.3 Å². The van der Waals surface area contributed by atoms with Gasteiger partial charge in [-0.1, -0.05) is 13.3 Å². The molecule has 6 nitrogen and oxygen atoms in total. The SMILES string of the molecule is CCCCOC(=O)c1ccc(C=[N+]([O-])c2ccc(C(=O)OCC)cc2)cc1. The number of rotatable bonds is 8. The van der Waals surface area contributed by atoms with E-state index in [1.165, 1.54) is 6.21 Å². The van der Waals surface area contributed by atoms with Crippen molar-refractivity contribution in [3.05, 3.63) is 70.4 Å². The molecule has 0 aliphatic heterocycles. The van der Waals surface area contributed by atoms with Gasteiger partial charge in [-0.2, -0.15) is 4.74 Å². The molecule has 27 heavy (non-hydrogen) atoms. The summed E-state index contributed by atoms with van der Waals surface area (Å²) in [6.07, 6.45) is 3.19. The molecule has 0 heterocycles. The van der Waals surface area contributed by atoms with Crippen molar-refractivity contribution in [1.29, 1.82) is 0 Å². The Bertz CT molecular complexity index is 794. The summed E-state index contributed by atoms with van der Waals surface area (Å²) in [6.45, 7) is 4.46. The third-order valence-electron chi connectivity index (χ3n) is 3.78. The van der Waals surface area contributed by atoms with Gasteiger partial charge in [0.05, 0.1) is 24.3 Å². The lowest BCUT2D eigenvalue weighted by Crippen LogP contribution is -2.07. The quantitative estimate of drug-likeness (QED) is 0.175. The molecule has 142 valence electrons. The lowest BCUT2D eigenvalue weighted by atomic mass is 10.1. The first-order valence-electron chi connectivity index (χ1n) is 8.90. The second-order valence-electron chi connectivity index (χ2n) is 5.83. The van der Waals surface area contributed by atoms with Crippen molar-refractivity contribution >= 4 is 23.8 Å². The molecule has 2 aromatic rings. The number of benzene rings is 2. The molecule has 0 amide bonds. The minimum Gasteiger partial charge on any atom is -0.618 e. The molecule has 0 fully saturated rings. The van der Waals surface area contributed by atoms with Gasteiger partial charge in [0.2, 0.25) is 5.69 Å². The van der Waals surface area contributed by atoms with Crippen LogP contribution in [0.5, 0.6) is 0 Å². The first kappa shape index (κ1) is 20.2. The molecule has 0 radical (unpaired) electrons. The summed E-state index contributed by atoms with van der Waals surface area (Å²) in [4.78, 5) is 23.5. The Morgan fingerprint density at radius 1 is 0.926 bits per heavy atom. The van der Waals surface area contributed by atoms with Crippen LogP contribution in [-0.4, -0.2) is 36.1 Å². The number of nitrogens with zero attached hydrogens (tertiary/aromatic N) is 1. The summed E-state index contributed by atoms with van der Waals surface area (Å²) in [7, 11) is 0. The molecule has 0 aromatic heterocycles. The molecule has 0 aliphatic carbocycles. The van der Waals surface area contributed by atoms with Gasteiger partial charge >= 0.3 is 11.9 Å². The van der Waals surface area contributed by atoms with E-state index >= 15 is 0 Å². The highest BCUT2D eigenvalue weighted by molar-refractivity contribution is 5.91. The van der Waals surface area contributed by atoms with Crippen molar-refractivity contribution in [3.63, 3.8) is 0 Å². The molecule has 0 unspecified atom stereocenters. The van der Waals surface area contributed by atoms with Crippen LogP contribution in [0.1, 0.15) is 53.0 Å². The fourth-order valence-corrected chi connectivity index (χ4v) is 2.27. The van der Waals surface area contributed by atoms with Gasteiger partial charge in [-0.05, 0) is 49.7 Å². The van der Waals surface area contributed by atoms with Crippen molar-refractivity contribution in [2.24, 2.45) is 0 Å². The lowest BCUT2D eigenvalue weighted by molar-refractivity contribution is -0.354. The molecule has 2 rings (SSSR count). The van der Waals surface area contributed by atoms with Crippen molar-refractivity contribution in [1.82, 2.24) is 0 Å². The Balaban J connectivity index is 2.05. The maximum atomic E-state index is 12.3. The molecule has 0 saturated carbocycles. The third-order valence-corrected chi connectivity index (χ3v) is 3.78. The first-order chi connectivity index (χ1) is 13.0. The topological polar surface area (TPSA) is 78.7 Å². The lowest BCUT2D eigenvalue weighted by Gasteiger charge is -2.06. The van der Waals surface area contributed by atoms with Gasteiger partial charge in [0.25, 0.3) is 0 Å². The number of carbonyl (C=O) groups is 2. The van der Waals surface area contributed by atoms with Crippen molar-refractivity contribution in [3.8, 4) is 0 Å². The van der Waals surface area contributed by atoms with Gasteiger partial charge in [0.15, 0.2) is 6.21 Å². The molecule has 0 aliphatic rings. The summed E-state index contributed by atoms with van der Waals surface area (Å²) in [6, 6.07) is 12.8. The van der Waals surface area contributed by atoms with Gasteiger partial charge < -0.3 is 14.7 Å². The first-order valence-corrected chi connectivity index (χ1v) is 8.90. The van der Waals surface area contributed by atoms with E-state index in [4.69, 9.17) is 9.47 Å². The Morgan fingerprint density at radius 3 is 2.04 bits per heavy atom. The minimum absolute atomic E-state index is 0.296. The van der Waals surface area contributed by atoms with Crippen LogP contribution < -0.4 is 0 Å². The van der Waals surface area contributed by atoms with Crippen molar-refractivity contribution in [2.45, 2.75) is 26.7 Å². The number of hydrogen-bond donors (Lipinski definition) is 0. The number of carbonyl (C=O) groups excluding carboxylic acids is 2. The Kier molecular flexibility index (Phi) is 7.55. The van der Waals surface area contributed by atoms with Gasteiger partial charge in [-0.15, -0.1) is 0 Å². The van der Waals surface area contributed by atoms with Crippen molar-refractivity contribution in [2.75, 3.05) is 13.2 Å². The Labute approximate surface area is 158 Å². The summed E-state index contributed by atoms with van der Waals surface area (Å²) < 4.78 is 10.8. The number of ether oxygens (including phenoxy) is 2. The highest BCUT2D eigenvalue weighted by Gasteiger charge is 2.10. The van der Waals surface area contributed by atoms with E-state index in [0.717, 1.165) is 12.8 Å². The zero-order chi connectivity index (χ0) is 19.6. The van der Waals surface area contributed by atoms with Crippen LogP contribution in [0.3, 0.4) is 0 Å². The molecule has 0 saturated heterocycles. The van der Waals surface area contributed by atoms with E-state index in [1.54, 1.807) is 55.5 Å². The van der Waals surface area contributed by atoms with Crippen LogP contribution in [-0.2, 0) is 9.47 Å². The minimum atomic E-state index is -0.424. The maximum absolute atomic E-state index is 12.3. The molecule has 0 atom stereocenters. The Morgan fingerprint density at radius 2 is 1.48 bits per heavy atom. The molecule has 6 heteroatoms. The van der Waals surface area contributed by atoms with Crippen LogP contribution in [0, 0.1) is 5.21 Å². The standard InChI is InChI=1S/C21H23NO5/c1-3-5-14-27-21(24)17-8-6-16(7-9-17)15-22(25)19-12-10-18(11-13-19)20(23)26-4-2/h6-13,15H,3-5,14H2,1-2H3. The fraction of sp³-hybridized carbons (Fsp3) is 0.286. The van der Waals surface area contributed by atoms with Gasteiger partial charge in [-0.3, -0.25) is 0 Å². The van der Waals surface area contributed by atoms with Gasteiger partial charge in [-0.25, -0.2) is 9.59 Å². The number of esters is 2. The van der Waals surface area contributed by atoms with E-state index in [2.05, 4.69) is 0 Å². The number of unbranched alkanes of at least 4 members (excludes halogenated alkanes) is 1. The van der Waals surface area contributed by atoms with E-state index in [9.17, 15) is 14.8 Å². The van der Waals surface area contributed by atoms with Crippen LogP contribution >= 0.6 is 0 Å². The van der Waals surface area contributed by atoms with Crippen LogP contribution in [0.4, 0.5) is 5.69 Å². The fourth-order valence-electron chi connectivity index (χ4n) is 2.27. The van der Waals surface area contributed by atoms with E-state index in [1.807, 2.05) is 6.92 Å². The van der Waals surface area contributed by atoms with Crippen LogP contribution in [0.2, 0.25) is 0 Å². The smallest absolute Gasteiger partial charge is 0.338 e. The average molecular weight is 369 g/mol. The predicted molar refractivity (Wildman–Crippen MR) is 102 cm³/mol. The molecule has 0 N–H and O–H groups in total. The second kappa shape index (κ2) is 10.1. The average Bonchev–Trinajstić information content (AvgIpc) is 2.69. The summed E-state index contributed by atoms with van der Waals surface area (Å²) >= 11 is 0. The van der Waals surface area contributed by atoms with Gasteiger partial charge in [0, 0.05) is 17.7 Å². The second-order valence-corrected chi connectivity index (χ2v) is 5.83. The van der Waals surface area contributed by atoms with Crippen molar-refractivity contribution < 1.29 is 23.8 Å². The largest absolute Gasteiger partial charge is 0.618 e. The third kappa shape index (κ3) is 5.95. The monoisotopic (exact) mass is 369 g/mol. The molecular formula is C21H23NO5. The summed E-state index contributed by atoms with van der Waals surface area (Å²) in [5.41, 5.74) is 1.86. The Hall–Kier alpha value is -3.15. The zero-order valence-electron chi connectivity index (χ0n) is 15.5. The highest BCUT2D eigenvalue weighted by atomic mass is 16.5. The number of hydrogen-bond acceptors (Lipinski definition) is 5. The maximum Gasteiger partial charge on any atom is 0.338 e. The molecule has 2 aromatic carbocycles. The summed E-state index contributed by atoms with van der Waals surface area (Å²) in [5, 5.41) is 12.3. The van der Waals surface area contributed by atoms with E-state index < -0.39 is 5.97 Å². The summed E-state index contributed by atoms with van der Waals surface area (Å²) in [5.74, 6) is -0.796.